The van der Waals surface area contributed by atoms with Gasteiger partial charge in [0.15, 0.2) is 0 Å². The monoisotopic (exact) mass is 250 g/mol. The highest BCUT2D eigenvalue weighted by molar-refractivity contribution is 5.02. The molecule has 2 aliphatic carbocycles. The maximum atomic E-state index is 3.92. The molecule has 3 aliphatic rings. The van der Waals surface area contributed by atoms with Crippen LogP contribution >= 0.6 is 0 Å². The van der Waals surface area contributed by atoms with E-state index in [1.54, 1.807) is 0 Å². The van der Waals surface area contributed by atoms with Crippen molar-refractivity contribution in [2.75, 3.05) is 13.1 Å². The second kappa shape index (κ2) is 5.13. The van der Waals surface area contributed by atoms with Gasteiger partial charge in [0.25, 0.3) is 0 Å². The minimum Gasteiger partial charge on any atom is -0.308 e. The van der Waals surface area contributed by atoms with E-state index in [0.29, 0.717) is 5.54 Å². The molecule has 0 bridgehead atoms. The van der Waals surface area contributed by atoms with Gasteiger partial charge in [-0.15, -0.1) is 0 Å². The molecule has 0 amide bonds. The van der Waals surface area contributed by atoms with Crippen molar-refractivity contribution < 1.29 is 0 Å². The average Bonchev–Trinajstić information content (AvgIpc) is 2.99. The van der Waals surface area contributed by atoms with Crippen LogP contribution in [0.25, 0.3) is 0 Å². The molecule has 1 spiro atoms. The predicted molar refractivity (Wildman–Crippen MR) is 76.8 cm³/mol. The number of rotatable bonds is 2. The van der Waals surface area contributed by atoms with Crippen molar-refractivity contribution in [2.45, 2.75) is 82.8 Å². The Labute approximate surface area is 113 Å². The second-order valence-corrected chi connectivity index (χ2v) is 7.17. The van der Waals surface area contributed by atoms with Crippen molar-refractivity contribution in [3.05, 3.63) is 0 Å². The lowest BCUT2D eigenvalue weighted by molar-refractivity contribution is 0.0416. The summed E-state index contributed by atoms with van der Waals surface area (Å²) in [5.41, 5.74) is 0.498. The van der Waals surface area contributed by atoms with E-state index in [-0.39, 0.29) is 0 Å². The average molecular weight is 250 g/mol. The standard InChI is InChI=1S/C16H30N2/c1-3-14-11-17-16(8-4-5-9-16)12-18(14)15-7-6-13(2)10-15/h13-15,17H,3-12H2,1-2H3. The van der Waals surface area contributed by atoms with Gasteiger partial charge in [-0.3, -0.25) is 4.90 Å². The fourth-order valence-electron chi connectivity index (χ4n) is 4.66. The predicted octanol–water partition coefficient (Wildman–Crippen LogP) is 3.17. The Hall–Kier alpha value is -0.0800. The van der Waals surface area contributed by atoms with Crippen molar-refractivity contribution in [3.8, 4) is 0 Å². The topological polar surface area (TPSA) is 15.3 Å². The van der Waals surface area contributed by atoms with Crippen LogP contribution in [0.3, 0.4) is 0 Å². The van der Waals surface area contributed by atoms with E-state index in [9.17, 15) is 0 Å². The Morgan fingerprint density at radius 2 is 2.00 bits per heavy atom. The molecule has 0 aromatic heterocycles. The molecule has 3 rings (SSSR count). The van der Waals surface area contributed by atoms with E-state index in [1.807, 2.05) is 0 Å². The molecule has 1 heterocycles. The molecule has 0 aromatic rings. The van der Waals surface area contributed by atoms with Crippen molar-refractivity contribution in [1.82, 2.24) is 10.2 Å². The van der Waals surface area contributed by atoms with Gasteiger partial charge in [0, 0.05) is 30.7 Å². The summed E-state index contributed by atoms with van der Waals surface area (Å²) in [5.74, 6) is 0.960. The van der Waals surface area contributed by atoms with Gasteiger partial charge in [-0.1, -0.05) is 26.7 Å². The van der Waals surface area contributed by atoms with E-state index in [0.717, 1.165) is 18.0 Å². The first-order chi connectivity index (χ1) is 8.72. The SMILES string of the molecule is CCC1CNC2(CCCC2)CN1C1CCC(C)C1. The highest BCUT2D eigenvalue weighted by Gasteiger charge is 2.43. The quantitative estimate of drug-likeness (QED) is 0.810. The summed E-state index contributed by atoms with van der Waals surface area (Å²) >= 11 is 0. The Bertz CT molecular complexity index is 283. The minimum atomic E-state index is 0.498. The molecule has 3 fully saturated rings. The summed E-state index contributed by atoms with van der Waals surface area (Å²) in [7, 11) is 0. The van der Waals surface area contributed by atoms with Gasteiger partial charge in [0.2, 0.25) is 0 Å². The van der Waals surface area contributed by atoms with Crippen LogP contribution in [0.5, 0.6) is 0 Å². The molecule has 1 saturated heterocycles. The van der Waals surface area contributed by atoms with Crippen LogP contribution in [-0.4, -0.2) is 35.6 Å². The summed E-state index contributed by atoms with van der Waals surface area (Å²) in [4.78, 5) is 2.91. The largest absolute Gasteiger partial charge is 0.308 e. The van der Waals surface area contributed by atoms with Crippen LogP contribution < -0.4 is 5.32 Å². The fourth-order valence-corrected chi connectivity index (χ4v) is 4.66. The Morgan fingerprint density at radius 3 is 2.61 bits per heavy atom. The molecule has 2 nitrogen and oxygen atoms in total. The smallest absolute Gasteiger partial charge is 0.0309 e. The van der Waals surface area contributed by atoms with Crippen molar-refractivity contribution in [3.63, 3.8) is 0 Å². The molecule has 3 atom stereocenters. The zero-order valence-corrected chi connectivity index (χ0v) is 12.3. The highest BCUT2D eigenvalue weighted by Crippen LogP contribution is 2.38. The molecule has 3 unspecified atom stereocenters. The van der Waals surface area contributed by atoms with Crippen molar-refractivity contribution in [1.29, 1.82) is 0 Å². The van der Waals surface area contributed by atoms with Gasteiger partial charge in [-0.2, -0.15) is 0 Å². The third-order valence-electron chi connectivity index (χ3n) is 5.84. The normalized spacial score (nSPS) is 40.7. The molecule has 1 aliphatic heterocycles. The third-order valence-corrected chi connectivity index (χ3v) is 5.84. The number of hydrogen-bond acceptors (Lipinski definition) is 2. The Morgan fingerprint density at radius 1 is 1.22 bits per heavy atom. The molecule has 1 N–H and O–H groups in total. The van der Waals surface area contributed by atoms with Crippen LogP contribution in [-0.2, 0) is 0 Å². The highest BCUT2D eigenvalue weighted by atomic mass is 15.3. The molecular weight excluding hydrogens is 220 g/mol. The molecule has 2 saturated carbocycles. The van der Waals surface area contributed by atoms with E-state index in [4.69, 9.17) is 0 Å². The van der Waals surface area contributed by atoms with E-state index < -0.39 is 0 Å². The second-order valence-electron chi connectivity index (χ2n) is 7.17. The minimum absolute atomic E-state index is 0.498. The van der Waals surface area contributed by atoms with Crippen LogP contribution in [0, 0.1) is 5.92 Å². The maximum absolute atomic E-state index is 3.92. The summed E-state index contributed by atoms with van der Waals surface area (Å²) in [6.45, 7) is 7.38. The van der Waals surface area contributed by atoms with Gasteiger partial charge in [0.05, 0.1) is 0 Å². The zero-order chi connectivity index (χ0) is 12.6. The van der Waals surface area contributed by atoms with E-state index in [1.165, 1.54) is 64.5 Å². The van der Waals surface area contributed by atoms with Gasteiger partial charge in [-0.05, 0) is 44.4 Å². The van der Waals surface area contributed by atoms with Gasteiger partial charge >= 0.3 is 0 Å². The fraction of sp³-hybridized carbons (Fsp3) is 1.00. The summed E-state index contributed by atoms with van der Waals surface area (Å²) in [6.07, 6.45) is 11.4. The number of nitrogens with zero attached hydrogens (tertiary/aromatic N) is 1. The van der Waals surface area contributed by atoms with Crippen LogP contribution in [0.2, 0.25) is 0 Å². The first-order valence-corrected chi connectivity index (χ1v) is 8.23. The summed E-state index contributed by atoms with van der Waals surface area (Å²) in [6, 6.07) is 1.69. The summed E-state index contributed by atoms with van der Waals surface area (Å²) in [5, 5.41) is 3.92. The van der Waals surface area contributed by atoms with Gasteiger partial charge in [0.1, 0.15) is 0 Å². The Kier molecular flexibility index (Phi) is 3.68. The first-order valence-electron chi connectivity index (χ1n) is 8.23. The lowest BCUT2D eigenvalue weighted by atomic mass is 9.90. The molecule has 18 heavy (non-hydrogen) atoms. The number of nitrogens with one attached hydrogen (secondary N) is 1. The van der Waals surface area contributed by atoms with Crippen LogP contribution in [0.15, 0.2) is 0 Å². The molecule has 2 heteroatoms. The van der Waals surface area contributed by atoms with Gasteiger partial charge < -0.3 is 5.32 Å². The molecule has 0 aromatic carbocycles. The van der Waals surface area contributed by atoms with Crippen molar-refractivity contribution in [2.24, 2.45) is 5.92 Å². The number of piperazine rings is 1. The van der Waals surface area contributed by atoms with Gasteiger partial charge in [-0.25, -0.2) is 0 Å². The maximum Gasteiger partial charge on any atom is 0.0309 e. The first kappa shape index (κ1) is 12.9. The van der Waals surface area contributed by atoms with Crippen LogP contribution in [0.4, 0.5) is 0 Å². The third kappa shape index (κ3) is 2.34. The number of hydrogen-bond donors (Lipinski definition) is 1. The van der Waals surface area contributed by atoms with E-state index in [2.05, 4.69) is 24.1 Å². The van der Waals surface area contributed by atoms with Crippen molar-refractivity contribution >= 4 is 0 Å². The molecule has 0 radical (unpaired) electrons. The van der Waals surface area contributed by atoms with Crippen LogP contribution in [0.1, 0.15) is 65.2 Å². The lowest BCUT2D eigenvalue weighted by Crippen LogP contribution is -2.64. The Balaban J connectivity index is 1.71. The van der Waals surface area contributed by atoms with E-state index >= 15 is 0 Å². The lowest BCUT2D eigenvalue weighted by Gasteiger charge is -2.49. The molecular formula is C16H30N2. The zero-order valence-electron chi connectivity index (χ0n) is 12.3. The molecule has 104 valence electrons. The summed E-state index contributed by atoms with van der Waals surface area (Å²) < 4.78 is 0.